The number of piperidine rings is 1. The number of likely N-dealkylation sites (tertiary alicyclic amines) is 1. The Bertz CT molecular complexity index is 1020. The van der Waals surface area contributed by atoms with Crippen LogP contribution in [0.3, 0.4) is 0 Å². The number of nitrogens with one attached hydrogen (secondary N) is 1. The van der Waals surface area contributed by atoms with E-state index < -0.39 is 0 Å². The Morgan fingerprint density at radius 3 is 2.70 bits per heavy atom. The van der Waals surface area contributed by atoms with E-state index >= 15 is 0 Å². The fourth-order valence-electron chi connectivity index (χ4n) is 8.47. The molecule has 1 heterocycles. The van der Waals surface area contributed by atoms with Gasteiger partial charge in [-0.1, -0.05) is 25.5 Å². The summed E-state index contributed by atoms with van der Waals surface area (Å²) in [6.45, 7) is 7.03. The quantitative estimate of drug-likeness (QED) is 0.649. The van der Waals surface area contributed by atoms with Gasteiger partial charge in [0.2, 0.25) is 11.8 Å². The van der Waals surface area contributed by atoms with E-state index in [0.29, 0.717) is 24.2 Å². The molecule has 1 aromatic carbocycles. The Balaban J connectivity index is 1.40. The largest absolute Gasteiger partial charge is 0.497 e. The maximum atomic E-state index is 13.5. The first-order valence-electron chi connectivity index (χ1n) is 12.6. The fraction of sp³-hybridized carbons (Fsp3) is 0.643. The van der Waals surface area contributed by atoms with Gasteiger partial charge in [0, 0.05) is 42.3 Å². The molecule has 2 saturated carbocycles. The van der Waals surface area contributed by atoms with Gasteiger partial charge in [0.1, 0.15) is 5.75 Å². The number of carbonyl (C=O) groups excluding carboxylic acids is 2. The molecule has 5 rings (SSSR count). The third-order valence-corrected chi connectivity index (χ3v) is 9.96. The van der Waals surface area contributed by atoms with Gasteiger partial charge in [-0.25, -0.2) is 0 Å². The van der Waals surface area contributed by atoms with Crippen LogP contribution >= 0.6 is 0 Å². The number of nitrogens with zero attached hydrogens (tertiary/aromatic N) is 1. The lowest BCUT2D eigenvalue weighted by atomic mass is 9.48. The van der Waals surface area contributed by atoms with Crippen LogP contribution in [0.15, 0.2) is 35.5 Å². The van der Waals surface area contributed by atoms with Crippen LogP contribution in [0, 0.1) is 34.5 Å². The average molecular weight is 451 g/mol. The number of ether oxygens (including phenoxy) is 1. The number of amides is 2. The molecule has 0 aromatic heterocycles. The van der Waals surface area contributed by atoms with E-state index in [9.17, 15) is 9.59 Å². The van der Waals surface area contributed by atoms with Crippen molar-refractivity contribution in [3.8, 4) is 5.75 Å². The fourth-order valence-corrected chi connectivity index (χ4v) is 8.47. The highest BCUT2D eigenvalue weighted by molar-refractivity contribution is 5.93. The topological polar surface area (TPSA) is 58.6 Å². The lowest BCUT2D eigenvalue weighted by molar-refractivity contribution is -0.137. The molecule has 5 heteroatoms. The Labute approximate surface area is 197 Å². The normalized spacial score (nSPS) is 37.8. The number of hydrogen-bond acceptors (Lipinski definition) is 3. The van der Waals surface area contributed by atoms with Crippen LogP contribution in [0.1, 0.15) is 65.7 Å². The van der Waals surface area contributed by atoms with Crippen molar-refractivity contribution in [1.82, 2.24) is 4.90 Å². The molecule has 0 radical (unpaired) electrons. The van der Waals surface area contributed by atoms with E-state index in [1.165, 1.54) is 11.3 Å². The summed E-state index contributed by atoms with van der Waals surface area (Å²) < 4.78 is 5.32. The average Bonchev–Trinajstić information content (AvgIpc) is 3.14. The SMILES string of the molecule is COc1cccc(NC(=O)C2CC[C@H]3[C@@H]4CC(C)=C5N(C)C(=O)CC[C@]5(C)[C@@H]4CC[C@]23C)c1. The predicted molar refractivity (Wildman–Crippen MR) is 130 cm³/mol. The molecule has 3 aliphatic carbocycles. The second-order valence-electron chi connectivity index (χ2n) is 11.5. The van der Waals surface area contributed by atoms with Crippen molar-refractivity contribution in [3.05, 3.63) is 35.5 Å². The number of allylic oxidation sites excluding steroid dienone is 2. The van der Waals surface area contributed by atoms with Gasteiger partial charge in [-0.05, 0) is 80.8 Å². The number of anilines is 1. The summed E-state index contributed by atoms with van der Waals surface area (Å²) in [5, 5.41) is 3.19. The minimum atomic E-state index is 0.0364. The van der Waals surface area contributed by atoms with Crippen molar-refractivity contribution in [1.29, 1.82) is 0 Å². The van der Waals surface area contributed by atoms with Crippen molar-refractivity contribution >= 4 is 17.5 Å². The molecule has 5 nitrogen and oxygen atoms in total. The molecular formula is C28H38N2O3. The van der Waals surface area contributed by atoms with Gasteiger partial charge in [-0.15, -0.1) is 0 Å². The minimum absolute atomic E-state index is 0.0364. The number of benzene rings is 1. The summed E-state index contributed by atoms with van der Waals surface area (Å²) in [5.41, 5.74) is 3.62. The summed E-state index contributed by atoms with van der Waals surface area (Å²) in [6.07, 6.45) is 7.02. The van der Waals surface area contributed by atoms with Crippen LogP contribution in [-0.4, -0.2) is 30.9 Å². The first-order valence-corrected chi connectivity index (χ1v) is 12.6. The summed E-state index contributed by atoms with van der Waals surface area (Å²) in [6, 6.07) is 7.64. The van der Waals surface area contributed by atoms with E-state index in [0.717, 1.165) is 50.0 Å². The number of methoxy groups -OCH3 is 1. The zero-order chi connectivity index (χ0) is 23.5. The Hall–Kier alpha value is -2.30. The highest BCUT2D eigenvalue weighted by Gasteiger charge is 2.61. The summed E-state index contributed by atoms with van der Waals surface area (Å²) in [7, 11) is 3.62. The lowest BCUT2D eigenvalue weighted by Crippen LogP contribution is -2.54. The Morgan fingerprint density at radius 2 is 1.94 bits per heavy atom. The number of fused-ring (bicyclic) bond motifs is 5. The van der Waals surface area contributed by atoms with E-state index in [1.54, 1.807) is 7.11 Å². The smallest absolute Gasteiger partial charge is 0.228 e. The third kappa shape index (κ3) is 3.33. The maximum Gasteiger partial charge on any atom is 0.228 e. The zero-order valence-electron chi connectivity index (χ0n) is 20.7. The summed E-state index contributed by atoms with van der Waals surface area (Å²) in [4.78, 5) is 27.9. The van der Waals surface area contributed by atoms with E-state index in [1.807, 2.05) is 36.2 Å². The van der Waals surface area contributed by atoms with Gasteiger partial charge in [-0.2, -0.15) is 0 Å². The first kappa shape index (κ1) is 22.5. The van der Waals surface area contributed by atoms with Crippen LogP contribution in [0.4, 0.5) is 5.69 Å². The van der Waals surface area contributed by atoms with E-state index in [-0.39, 0.29) is 28.6 Å². The zero-order valence-corrected chi connectivity index (χ0v) is 20.7. The number of hydrogen-bond donors (Lipinski definition) is 1. The van der Waals surface area contributed by atoms with E-state index in [4.69, 9.17) is 4.74 Å². The Kier molecular flexibility index (Phi) is 5.37. The molecule has 1 aliphatic heterocycles. The van der Waals surface area contributed by atoms with Crippen LogP contribution in [0.25, 0.3) is 0 Å². The third-order valence-electron chi connectivity index (χ3n) is 9.96. The van der Waals surface area contributed by atoms with Crippen molar-refractivity contribution in [2.75, 3.05) is 19.5 Å². The molecule has 33 heavy (non-hydrogen) atoms. The molecule has 1 aromatic rings. The lowest BCUT2D eigenvalue weighted by Gasteiger charge is -2.59. The van der Waals surface area contributed by atoms with Crippen molar-refractivity contribution < 1.29 is 14.3 Å². The molecule has 2 amide bonds. The van der Waals surface area contributed by atoms with Gasteiger partial charge >= 0.3 is 0 Å². The van der Waals surface area contributed by atoms with E-state index in [2.05, 4.69) is 26.1 Å². The molecule has 3 fully saturated rings. The van der Waals surface area contributed by atoms with Crippen LogP contribution in [0.2, 0.25) is 0 Å². The molecule has 4 aliphatic rings. The highest BCUT2D eigenvalue weighted by Crippen LogP contribution is 2.66. The standard InChI is InChI=1S/C28H38N2O3/c1-17-15-20-21-9-10-23(26(32)29-18-7-6-8-19(16-18)33-5)27(21,2)13-11-22(20)28(3)14-12-24(31)30(4)25(17)28/h6-8,16,20-23H,9-15H2,1-5H3,(H,29,32)/t20-,21-,22+,23?,27-,28+/m0/s1. The maximum absolute atomic E-state index is 13.5. The second-order valence-corrected chi connectivity index (χ2v) is 11.5. The summed E-state index contributed by atoms with van der Waals surface area (Å²) >= 11 is 0. The molecule has 1 unspecified atom stereocenters. The molecule has 178 valence electrons. The number of carbonyl (C=O) groups is 2. The minimum Gasteiger partial charge on any atom is -0.497 e. The van der Waals surface area contributed by atoms with Crippen molar-refractivity contribution in [2.24, 2.45) is 34.5 Å². The van der Waals surface area contributed by atoms with Crippen LogP contribution in [0.5, 0.6) is 5.75 Å². The summed E-state index contributed by atoms with van der Waals surface area (Å²) in [5.74, 6) is 2.99. The molecule has 0 spiro atoms. The molecule has 1 saturated heterocycles. The molecule has 6 atom stereocenters. The Morgan fingerprint density at radius 1 is 1.15 bits per heavy atom. The van der Waals surface area contributed by atoms with Gasteiger partial charge in [0.25, 0.3) is 0 Å². The van der Waals surface area contributed by atoms with Crippen molar-refractivity contribution in [2.45, 2.75) is 65.7 Å². The van der Waals surface area contributed by atoms with Gasteiger partial charge in [0.05, 0.1) is 7.11 Å². The molecule has 0 bridgehead atoms. The second kappa shape index (κ2) is 7.89. The van der Waals surface area contributed by atoms with Gasteiger partial charge < -0.3 is 15.0 Å². The molecular weight excluding hydrogens is 412 g/mol. The van der Waals surface area contributed by atoms with Crippen molar-refractivity contribution in [3.63, 3.8) is 0 Å². The predicted octanol–water partition coefficient (Wildman–Crippen LogP) is 5.63. The van der Waals surface area contributed by atoms with Crippen LogP contribution < -0.4 is 10.1 Å². The first-order chi connectivity index (χ1) is 15.7. The van der Waals surface area contributed by atoms with Gasteiger partial charge in [0.15, 0.2) is 0 Å². The monoisotopic (exact) mass is 450 g/mol. The van der Waals surface area contributed by atoms with Gasteiger partial charge in [-0.3, -0.25) is 9.59 Å². The molecule has 1 N–H and O–H groups in total. The van der Waals surface area contributed by atoms with Crippen LogP contribution in [-0.2, 0) is 9.59 Å². The highest BCUT2D eigenvalue weighted by atomic mass is 16.5. The number of rotatable bonds is 3.